The first-order valence-electron chi connectivity index (χ1n) is 9.12. The molecule has 4 aliphatic carbocycles. The van der Waals surface area contributed by atoms with E-state index in [0.29, 0.717) is 11.8 Å². The molecule has 0 aliphatic heterocycles. The quantitative estimate of drug-likeness (QED) is 0.865. The van der Waals surface area contributed by atoms with E-state index in [1.54, 1.807) is 0 Å². The summed E-state index contributed by atoms with van der Waals surface area (Å²) in [5.74, 6) is 1.40. The molecule has 0 atom stereocenters. The van der Waals surface area contributed by atoms with Crippen molar-refractivity contribution in [2.45, 2.75) is 51.6 Å². The number of rotatable bonds is 4. The Hall–Kier alpha value is -1.58. The lowest BCUT2D eigenvalue weighted by molar-refractivity contribution is -0.180. The number of carboxylic acid groups (broad SMARTS) is 1. The molecule has 130 valence electrons. The highest BCUT2D eigenvalue weighted by atomic mass is 19.1. The van der Waals surface area contributed by atoms with Gasteiger partial charge in [0, 0.05) is 0 Å². The fourth-order valence-electron chi connectivity index (χ4n) is 6.05. The minimum atomic E-state index is -1.05. The third-order valence-electron chi connectivity index (χ3n) is 6.78. The fourth-order valence-corrected chi connectivity index (χ4v) is 6.05. The minimum absolute atomic E-state index is 0.0779. The number of aromatic carboxylic acids is 1. The molecule has 3 nitrogen and oxygen atoms in total. The number of benzene rings is 1. The Morgan fingerprint density at radius 1 is 1.17 bits per heavy atom. The molecule has 5 rings (SSSR count). The van der Waals surface area contributed by atoms with Gasteiger partial charge in [-0.3, -0.25) is 0 Å². The van der Waals surface area contributed by atoms with Crippen LogP contribution in [0.15, 0.2) is 18.2 Å². The molecule has 4 aliphatic rings. The van der Waals surface area contributed by atoms with Crippen molar-refractivity contribution >= 4 is 5.97 Å². The molecule has 0 unspecified atom stereocenters. The van der Waals surface area contributed by atoms with Gasteiger partial charge in [-0.05, 0) is 79.9 Å². The zero-order valence-electron chi connectivity index (χ0n) is 14.3. The van der Waals surface area contributed by atoms with Gasteiger partial charge in [-0.2, -0.15) is 0 Å². The number of halogens is 1. The fraction of sp³-hybridized carbons (Fsp3) is 0.650. The second kappa shape index (κ2) is 5.47. The SMILES string of the molecule is CC(C)C1(Oc2cc(C(=O)O)ccc2F)C2CC3CC(C2)CC1C3. The maximum Gasteiger partial charge on any atom is 0.335 e. The standard InChI is InChI=1S/C20H25FO3/c1-11(2)20(15-6-12-5-13(8-15)9-16(20)7-12)24-18-10-14(19(22)23)3-4-17(18)21/h3-4,10-13,15-16H,5-9H2,1-2H3,(H,22,23). The van der Waals surface area contributed by atoms with Crippen molar-refractivity contribution in [1.29, 1.82) is 0 Å². The molecule has 24 heavy (non-hydrogen) atoms. The van der Waals surface area contributed by atoms with Crippen LogP contribution >= 0.6 is 0 Å². The number of hydrogen-bond acceptors (Lipinski definition) is 2. The summed E-state index contributed by atoms with van der Waals surface area (Å²) in [6.07, 6.45) is 6.04. The van der Waals surface area contributed by atoms with E-state index in [4.69, 9.17) is 4.74 Å². The summed E-state index contributed by atoms with van der Waals surface area (Å²) < 4.78 is 20.8. The molecule has 4 bridgehead atoms. The van der Waals surface area contributed by atoms with Crippen LogP contribution in [0.1, 0.15) is 56.3 Å². The van der Waals surface area contributed by atoms with Gasteiger partial charge in [0.05, 0.1) is 5.56 Å². The van der Waals surface area contributed by atoms with Crippen molar-refractivity contribution in [3.63, 3.8) is 0 Å². The van der Waals surface area contributed by atoms with E-state index in [1.165, 1.54) is 50.3 Å². The van der Waals surface area contributed by atoms with Crippen molar-refractivity contribution in [3.8, 4) is 5.75 Å². The van der Waals surface area contributed by atoms with E-state index < -0.39 is 11.8 Å². The topological polar surface area (TPSA) is 46.5 Å². The molecular formula is C20H25FO3. The Bertz CT molecular complexity index is 639. The van der Waals surface area contributed by atoms with Gasteiger partial charge in [-0.25, -0.2) is 9.18 Å². The van der Waals surface area contributed by atoms with Crippen molar-refractivity contribution in [2.24, 2.45) is 29.6 Å². The summed E-state index contributed by atoms with van der Waals surface area (Å²) in [6, 6.07) is 3.86. The number of hydrogen-bond donors (Lipinski definition) is 1. The molecule has 0 aromatic heterocycles. The highest BCUT2D eigenvalue weighted by Crippen LogP contribution is 2.61. The molecule has 1 N–H and O–H groups in total. The number of carbonyl (C=O) groups is 1. The van der Waals surface area contributed by atoms with Crippen LogP contribution in [0, 0.1) is 35.4 Å². The van der Waals surface area contributed by atoms with Crippen molar-refractivity contribution in [2.75, 3.05) is 0 Å². The molecule has 0 heterocycles. The van der Waals surface area contributed by atoms with Crippen LogP contribution in [0.4, 0.5) is 4.39 Å². The molecule has 1 aromatic carbocycles. The van der Waals surface area contributed by atoms with Crippen LogP contribution < -0.4 is 4.74 Å². The van der Waals surface area contributed by atoms with Crippen LogP contribution in [-0.4, -0.2) is 16.7 Å². The van der Waals surface area contributed by atoms with Gasteiger partial charge in [0.15, 0.2) is 11.6 Å². The summed E-state index contributed by atoms with van der Waals surface area (Å²) in [4.78, 5) is 11.2. The molecule has 4 heteroatoms. The summed E-state index contributed by atoms with van der Waals surface area (Å²) in [5, 5.41) is 9.20. The zero-order valence-corrected chi connectivity index (χ0v) is 14.3. The van der Waals surface area contributed by atoms with E-state index in [0.717, 1.165) is 11.8 Å². The molecule has 1 aromatic rings. The smallest absolute Gasteiger partial charge is 0.335 e. The summed E-state index contributed by atoms with van der Waals surface area (Å²) in [7, 11) is 0. The Labute approximate surface area is 142 Å². The lowest BCUT2D eigenvalue weighted by Gasteiger charge is -2.62. The first kappa shape index (κ1) is 15.9. The van der Waals surface area contributed by atoms with Crippen LogP contribution in [0.3, 0.4) is 0 Å². The first-order valence-corrected chi connectivity index (χ1v) is 9.12. The summed E-state index contributed by atoms with van der Waals surface area (Å²) in [6.45, 7) is 4.34. The van der Waals surface area contributed by atoms with Gasteiger partial charge in [0.25, 0.3) is 0 Å². The second-order valence-electron chi connectivity index (χ2n) is 8.37. The predicted octanol–water partition coefficient (Wildman–Crippen LogP) is 4.75. The van der Waals surface area contributed by atoms with Gasteiger partial charge in [-0.1, -0.05) is 13.8 Å². The second-order valence-corrected chi connectivity index (χ2v) is 8.37. The number of ether oxygens (including phenoxy) is 1. The van der Waals surface area contributed by atoms with Crippen molar-refractivity contribution in [1.82, 2.24) is 0 Å². The zero-order chi connectivity index (χ0) is 17.1. The molecule has 0 spiro atoms. The molecule has 0 radical (unpaired) electrons. The lowest BCUT2D eigenvalue weighted by Crippen LogP contribution is -2.63. The van der Waals surface area contributed by atoms with E-state index in [-0.39, 0.29) is 22.8 Å². The van der Waals surface area contributed by atoms with Gasteiger partial charge in [0.2, 0.25) is 0 Å². The summed E-state index contributed by atoms with van der Waals surface area (Å²) in [5.41, 5.74) is -0.278. The Morgan fingerprint density at radius 2 is 1.75 bits per heavy atom. The van der Waals surface area contributed by atoms with E-state index in [9.17, 15) is 14.3 Å². The van der Waals surface area contributed by atoms with E-state index >= 15 is 0 Å². The molecule has 0 saturated heterocycles. The van der Waals surface area contributed by atoms with Crippen LogP contribution in [0.25, 0.3) is 0 Å². The lowest BCUT2D eigenvalue weighted by atomic mass is 9.47. The maximum absolute atomic E-state index is 14.4. The third kappa shape index (κ3) is 2.26. The van der Waals surface area contributed by atoms with Crippen LogP contribution in [0.2, 0.25) is 0 Å². The monoisotopic (exact) mass is 332 g/mol. The van der Waals surface area contributed by atoms with E-state index in [1.807, 2.05) is 0 Å². The Morgan fingerprint density at radius 3 is 2.25 bits per heavy atom. The average Bonchev–Trinajstić information content (AvgIpc) is 2.51. The molecular weight excluding hydrogens is 307 g/mol. The van der Waals surface area contributed by atoms with Gasteiger partial charge < -0.3 is 9.84 Å². The first-order chi connectivity index (χ1) is 11.4. The highest BCUT2D eigenvalue weighted by molar-refractivity contribution is 5.88. The van der Waals surface area contributed by atoms with Crippen molar-refractivity contribution in [3.05, 3.63) is 29.6 Å². The van der Waals surface area contributed by atoms with Gasteiger partial charge >= 0.3 is 5.97 Å². The summed E-state index contributed by atoms with van der Waals surface area (Å²) >= 11 is 0. The molecule has 0 amide bonds. The van der Waals surface area contributed by atoms with Crippen molar-refractivity contribution < 1.29 is 19.0 Å². The number of carboxylic acids is 1. The molecule has 4 saturated carbocycles. The maximum atomic E-state index is 14.4. The normalized spacial score (nSPS) is 37.0. The third-order valence-corrected chi connectivity index (χ3v) is 6.78. The Balaban J connectivity index is 1.73. The highest BCUT2D eigenvalue weighted by Gasteiger charge is 2.60. The minimum Gasteiger partial charge on any atom is -0.483 e. The van der Waals surface area contributed by atoms with Gasteiger partial charge in [-0.15, -0.1) is 0 Å². The van der Waals surface area contributed by atoms with Crippen LogP contribution in [-0.2, 0) is 0 Å². The van der Waals surface area contributed by atoms with E-state index in [2.05, 4.69) is 13.8 Å². The van der Waals surface area contributed by atoms with Gasteiger partial charge in [0.1, 0.15) is 5.60 Å². The predicted molar refractivity (Wildman–Crippen MR) is 88.6 cm³/mol. The average molecular weight is 332 g/mol. The van der Waals surface area contributed by atoms with Crippen LogP contribution in [0.5, 0.6) is 5.75 Å². The largest absolute Gasteiger partial charge is 0.483 e. The molecule has 4 fully saturated rings. The Kier molecular flexibility index (Phi) is 3.63.